The highest BCUT2D eigenvalue weighted by atomic mass is 16.5. The Bertz CT molecular complexity index is 898. The molecule has 2 N–H and O–H groups in total. The van der Waals surface area contributed by atoms with E-state index in [1.54, 1.807) is 19.2 Å². The van der Waals surface area contributed by atoms with Crippen LogP contribution in [-0.4, -0.2) is 29.8 Å². The van der Waals surface area contributed by atoms with Gasteiger partial charge in [0.1, 0.15) is 11.6 Å². The lowest BCUT2D eigenvalue weighted by Gasteiger charge is -2.13. The average Bonchev–Trinajstić information content (AvgIpc) is 2.75. The summed E-state index contributed by atoms with van der Waals surface area (Å²) in [6.07, 6.45) is 0.829. The average molecular weight is 376 g/mol. The third-order valence-electron chi connectivity index (χ3n) is 4.40. The molecule has 2 aromatic carbocycles. The largest absolute Gasteiger partial charge is 0.497 e. The molecule has 0 saturated heterocycles. The first-order valence-electron chi connectivity index (χ1n) is 9.22. The number of carbonyl (C=O) groups is 1. The van der Waals surface area contributed by atoms with Crippen molar-refractivity contribution in [2.75, 3.05) is 19.0 Å². The Kier molecular flexibility index (Phi) is 6.57. The van der Waals surface area contributed by atoms with Crippen molar-refractivity contribution in [2.45, 2.75) is 19.4 Å². The second-order valence-electron chi connectivity index (χ2n) is 6.44. The Morgan fingerprint density at radius 3 is 2.57 bits per heavy atom. The van der Waals surface area contributed by atoms with E-state index in [9.17, 15) is 4.79 Å². The predicted molar refractivity (Wildman–Crippen MR) is 110 cm³/mol. The number of rotatable bonds is 8. The third kappa shape index (κ3) is 5.30. The smallest absolute Gasteiger partial charge is 0.272 e. The van der Waals surface area contributed by atoms with Gasteiger partial charge in [-0.3, -0.25) is 4.79 Å². The number of anilines is 1. The normalized spacial score (nSPS) is 11.5. The van der Waals surface area contributed by atoms with Crippen LogP contribution in [0.2, 0.25) is 0 Å². The molecule has 1 aromatic heterocycles. The first-order valence-corrected chi connectivity index (χ1v) is 9.22. The molecule has 0 bridgehead atoms. The van der Waals surface area contributed by atoms with Crippen molar-refractivity contribution in [3.05, 3.63) is 83.6 Å². The van der Waals surface area contributed by atoms with Gasteiger partial charge < -0.3 is 15.4 Å². The molecule has 1 heterocycles. The molecule has 1 unspecified atom stereocenters. The van der Waals surface area contributed by atoms with Crippen molar-refractivity contribution in [1.29, 1.82) is 0 Å². The van der Waals surface area contributed by atoms with Crippen LogP contribution in [0.15, 0.2) is 66.7 Å². The van der Waals surface area contributed by atoms with Crippen LogP contribution in [0, 0.1) is 0 Å². The number of nitrogens with one attached hydrogen (secondary N) is 2. The van der Waals surface area contributed by atoms with Crippen molar-refractivity contribution in [1.82, 2.24) is 15.5 Å². The Morgan fingerprint density at radius 1 is 1.04 bits per heavy atom. The van der Waals surface area contributed by atoms with E-state index in [1.165, 1.54) is 5.56 Å². The highest BCUT2D eigenvalue weighted by Gasteiger charge is 2.13. The maximum absolute atomic E-state index is 12.4. The van der Waals surface area contributed by atoms with Crippen molar-refractivity contribution in [3.63, 3.8) is 0 Å². The fourth-order valence-electron chi connectivity index (χ4n) is 2.81. The molecule has 0 fully saturated rings. The first-order chi connectivity index (χ1) is 13.7. The molecule has 0 aliphatic carbocycles. The number of ether oxygens (including phenoxy) is 1. The van der Waals surface area contributed by atoms with Gasteiger partial charge in [0.05, 0.1) is 13.2 Å². The lowest BCUT2D eigenvalue weighted by Crippen LogP contribution is -2.27. The molecule has 144 valence electrons. The van der Waals surface area contributed by atoms with Crippen molar-refractivity contribution >= 4 is 11.7 Å². The zero-order valence-corrected chi connectivity index (χ0v) is 16.1. The third-order valence-corrected chi connectivity index (χ3v) is 4.40. The first kappa shape index (κ1) is 19.4. The number of methoxy groups -OCH3 is 1. The van der Waals surface area contributed by atoms with Crippen LogP contribution in [0.5, 0.6) is 5.75 Å². The number of carbonyl (C=O) groups excluding carboxylic acids is 1. The number of aromatic nitrogens is 2. The topological polar surface area (TPSA) is 76.1 Å². The molecule has 1 atom stereocenters. The van der Waals surface area contributed by atoms with E-state index in [-0.39, 0.29) is 11.9 Å². The van der Waals surface area contributed by atoms with Gasteiger partial charge in [0.2, 0.25) is 0 Å². The van der Waals surface area contributed by atoms with Gasteiger partial charge in [-0.1, -0.05) is 42.5 Å². The fourth-order valence-corrected chi connectivity index (χ4v) is 2.81. The predicted octanol–water partition coefficient (Wildman–Crippen LogP) is 3.63. The van der Waals surface area contributed by atoms with Gasteiger partial charge in [-0.05, 0) is 48.7 Å². The monoisotopic (exact) mass is 376 g/mol. The van der Waals surface area contributed by atoms with Gasteiger partial charge >= 0.3 is 0 Å². The second kappa shape index (κ2) is 9.50. The van der Waals surface area contributed by atoms with E-state index in [0.29, 0.717) is 18.1 Å². The molecule has 1 amide bonds. The second-order valence-corrected chi connectivity index (χ2v) is 6.44. The van der Waals surface area contributed by atoms with Gasteiger partial charge in [0, 0.05) is 6.54 Å². The summed E-state index contributed by atoms with van der Waals surface area (Å²) >= 11 is 0. The maximum atomic E-state index is 12.4. The molecule has 0 saturated carbocycles. The Hall–Kier alpha value is -3.41. The molecule has 28 heavy (non-hydrogen) atoms. The molecule has 0 aliphatic heterocycles. The standard InChI is InChI=1S/C22H24N4O2/c1-16(18-8-4-3-5-9-18)24-22(27)20-11-12-21(26-25-20)23-14-13-17-7-6-10-19(15-17)28-2/h3-12,15-16H,13-14H2,1-2H3,(H,23,26)(H,24,27). The van der Waals surface area contributed by atoms with Crippen molar-refractivity contribution in [2.24, 2.45) is 0 Å². The lowest BCUT2D eigenvalue weighted by molar-refractivity contribution is 0.0934. The Morgan fingerprint density at radius 2 is 1.86 bits per heavy atom. The van der Waals surface area contributed by atoms with E-state index in [4.69, 9.17) is 4.74 Å². The van der Waals surface area contributed by atoms with E-state index < -0.39 is 0 Å². The quantitative estimate of drug-likeness (QED) is 0.628. The number of hydrogen-bond acceptors (Lipinski definition) is 5. The van der Waals surface area contributed by atoms with E-state index in [0.717, 1.165) is 17.7 Å². The van der Waals surface area contributed by atoms with Gasteiger partial charge in [-0.15, -0.1) is 10.2 Å². The summed E-state index contributed by atoms with van der Waals surface area (Å²) in [6.45, 7) is 2.65. The molecule has 6 heteroatoms. The summed E-state index contributed by atoms with van der Waals surface area (Å²) in [7, 11) is 1.66. The van der Waals surface area contributed by atoms with Crippen LogP contribution in [0.1, 0.15) is 34.6 Å². The van der Waals surface area contributed by atoms with Gasteiger partial charge in [-0.2, -0.15) is 0 Å². The minimum Gasteiger partial charge on any atom is -0.497 e. The minimum absolute atomic E-state index is 0.101. The van der Waals surface area contributed by atoms with Crippen LogP contribution < -0.4 is 15.4 Å². The fraction of sp³-hybridized carbons (Fsp3) is 0.227. The number of nitrogens with zero attached hydrogens (tertiary/aromatic N) is 2. The maximum Gasteiger partial charge on any atom is 0.272 e. The molecule has 0 spiro atoms. The van der Waals surface area contributed by atoms with Crippen LogP contribution in [0.25, 0.3) is 0 Å². The van der Waals surface area contributed by atoms with Crippen molar-refractivity contribution < 1.29 is 9.53 Å². The van der Waals surface area contributed by atoms with Crippen LogP contribution in [0.3, 0.4) is 0 Å². The number of benzene rings is 2. The molecular formula is C22H24N4O2. The van der Waals surface area contributed by atoms with Crippen LogP contribution >= 0.6 is 0 Å². The molecule has 6 nitrogen and oxygen atoms in total. The Labute approximate surface area is 165 Å². The van der Waals surface area contributed by atoms with Gasteiger partial charge in [0.25, 0.3) is 5.91 Å². The minimum atomic E-state index is -0.244. The highest BCUT2D eigenvalue weighted by Crippen LogP contribution is 2.14. The summed E-state index contributed by atoms with van der Waals surface area (Å²) in [6, 6.07) is 21.1. The van der Waals surface area contributed by atoms with Crippen LogP contribution in [-0.2, 0) is 6.42 Å². The summed E-state index contributed by atoms with van der Waals surface area (Å²) in [5.74, 6) is 1.24. The molecule has 3 aromatic rings. The van der Waals surface area contributed by atoms with Crippen LogP contribution in [0.4, 0.5) is 5.82 Å². The van der Waals surface area contributed by atoms with E-state index in [2.05, 4.69) is 26.9 Å². The molecule has 3 rings (SSSR count). The molecule has 0 aliphatic rings. The van der Waals surface area contributed by atoms with Gasteiger partial charge in [0.15, 0.2) is 5.69 Å². The van der Waals surface area contributed by atoms with E-state index >= 15 is 0 Å². The zero-order valence-electron chi connectivity index (χ0n) is 16.1. The lowest BCUT2D eigenvalue weighted by atomic mass is 10.1. The summed E-state index contributed by atoms with van der Waals surface area (Å²) in [5.41, 5.74) is 2.51. The number of amides is 1. The zero-order chi connectivity index (χ0) is 19.8. The molecule has 0 radical (unpaired) electrons. The summed E-state index contributed by atoms with van der Waals surface area (Å²) in [4.78, 5) is 12.4. The van der Waals surface area contributed by atoms with Gasteiger partial charge in [-0.25, -0.2) is 0 Å². The number of hydrogen-bond donors (Lipinski definition) is 2. The molecular weight excluding hydrogens is 352 g/mol. The van der Waals surface area contributed by atoms with E-state index in [1.807, 2.05) is 55.5 Å². The Balaban J connectivity index is 1.50. The van der Waals surface area contributed by atoms with Crippen molar-refractivity contribution in [3.8, 4) is 5.75 Å². The summed E-state index contributed by atoms with van der Waals surface area (Å²) in [5, 5.41) is 14.3. The highest BCUT2D eigenvalue weighted by molar-refractivity contribution is 5.92. The summed E-state index contributed by atoms with van der Waals surface area (Å²) < 4.78 is 5.23. The SMILES string of the molecule is COc1cccc(CCNc2ccc(C(=O)NC(C)c3ccccc3)nn2)c1.